The van der Waals surface area contributed by atoms with Gasteiger partial charge in [0.15, 0.2) is 0 Å². The van der Waals surface area contributed by atoms with E-state index in [1.165, 1.54) is 0 Å². The summed E-state index contributed by atoms with van der Waals surface area (Å²) in [4.78, 5) is 15.0. The van der Waals surface area contributed by atoms with Crippen LogP contribution in [0.15, 0.2) is 73.2 Å². The minimum atomic E-state index is -0.790. The van der Waals surface area contributed by atoms with E-state index < -0.39 is 5.97 Å². The lowest BCUT2D eigenvalue weighted by molar-refractivity contribution is -0.137. The van der Waals surface area contributed by atoms with Crippen LogP contribution in [0.4, 0.5) is 0 Å². The van der Waals surface area contributed by atoms with E-state index in [2.05, 4.69) is 22.2 Å². The summed E-state index contributed by atoms with van der Waals surface area (Å²) in [6.07, 6.45) is 5.60. The molecule has 0 radical (unpaired) electrons. The lowest BCUT2D eigenvalue weighted by atomic mass is 9.98. The van der Waals surface area contributed by atoms with Crippen molar-refractivity contribution in [3.05, 3.63) is 89.9 Å². The Morgan fingerprint density at radius 1 is 1.10 bits per heavy atom. The number of benzene rings is 2. The third-order valence-electron chi connectivity index (χ3n) is 5.10. The first-order valence-corrected chi connectivity index (χ1v) is 9.86. The Labute approximate surface area is 174 Å². The third-order valence-corrected chi connectivity index (χ3v) is 5.10. The lowest BCUT2D eigenvalue weighted by Crippen LogP contribution is -2.03. The molecule has 1 atom stereocenters. The Kier molecular flexibility index (Phi) is 5.75. The minimum absolute atomic E-state index is 0.0258. The molecule has 0 spiro atoms. The maximum atomic E-state index is 10.9. The van der Waals surface area contributed by atoms with Crippen molar-refractivity contribution in [3.8, 4) is 5.75 Å². The summed E-state index contributed by atoms with van der Waals surface area (Å²) in [6.45, 7) is 3.04. The van der Waals surface area contributed by atoms with Gasteiger partial charge in [0.1, 0.15) is 12.4 Å². The summed E-state index contributed by atoms with van der Waals surface area (Å²) < 4.78 is 7.87. The number of pyridine rings is 1. The zero-order valence-corrected chi connectivity index (χ0v) is 16.7. The van der Waals surface area contributed by atoms with Gasteiger partial charge >= 0.3 is 5.97 Å². The number of nitrogens with zero attached hydrogens (tertiary/aromatic N) is 3. The van der Waals surface area contributed by atoms with Crippen molar-refractivity contribution in [1.82, 2.24) is 14.8 Å². The fourth-order valence-electron chi connectivity index (χ4n) is 3.46. The Hall–Kier alpha value is -3.67. The lowest BCUT2D eigenvalue weighted by Gasteiger charge is -2.11. The molecule has 2 aromatic heterocycles. The molecule has 0 bridgehead atoms. The van der Waals surface area contributed by atoms with Crippen LogP contribution in [-0.2, 0) is 17.9 Å². The molecule has 4 aromatic rings. The molecule has 4 rings (SSSR count). The molecule has 30 heavy (non-hydrogen) atoms. The van der Waals surface area contributed by atoms with E-state index in [0.29, 0.717) is 13.2 Å². The molecule has 2 heterocycles. The zero-order chi connectivity index (χ0) is 20.9. The second-order valence-electron chi connectivity index (χ2n) is 7.41. The van der Waals surface area contributed by atoms with Gasteiger partial charge in [0.2, 0.25) is 0 Å². The van der Waals surface area contributed by atoms with Crippen LogP contribution in [-0.4, -0.2) is 25.8 Å². The molecule has 152 valence electrons. The van der Waals surface area contributed by atoms with Crippen molar-refractivity contribution in [2.45, 2.75) is 32.4 Å². The zero-order valence-electron chi connectivity index (χ0n) is 16.7. The molecule has 0 aliphatic rings. The summed E-state index contributed by atoms with van der Waals surface area (Å²) in [5, 5.41) is 14.5. The molecule has 0 aliphatic carbocycles. The van der Waals surface area contributed by atoms with Crippen molar-refractivity contribution in [3.63, 3.8) is 0 Å². The number of hydrogen-bond acceptors (Lipinski definition) is 4. The molecule has 6 nitrogen and oxygen atoms in total. The quantitative estimate of drug-likeness (QED) is 0.465. The van der Waals surface area contributed by atoms with Crippen LogP contribution < -0.4 is 4.74 Å². The van der Waals surface area contributed by atoms with Gasteiger partial charge in [-0.1, -0.05) is 31.2 Å². The number of carboxylic acid groups (broad SMARTS) is 1. The van der Waals surface area contributed by atoms with Gasteiger partial charge in [-0.3, -0.25) is 14.5 Å². The number of aromatic nitrogens is 3. The first-order valence-electron chi connectivity index (χ1n) is 9.86. The van der Waals surface area contributed by atoms with Crippen molar-refractivity contribution >= 4 is 16.9 Å². The largest absolute Gasteiger partial charge is 0.489 e. The highest BCUT2D eigenvalue weighted by molar-refractivity contribution is 5.79. The van der Waals surface area contributed by atoms with Gasteiger partial charge in [0.05, 0.1) is 24.7 Å². The monoisotopic (exact) mass is 401 g/mol. The van der Waals surface area contributed by atoms with Crippen LogP contribution in [0, 0.1) is 0 Å². The number of carboxylic acids is 1. The minimum Gasteiger partial charge on any atom is -0.489 e. The van der Waals surface area contributed by atoms with Gasteiger partial charge in [-0.05, 0) is 52.9 Å². The molecule has 0 saturated carbocycles. The Morgan fingerprint density at radius 3 is 2.67 bits per heavy atom. The standard InChI is InChI=1S/C24H23N3O3/c1-17(11-24(28)29)20-5-7-22(8-6-20)30-16-18-4-9-23-21(12-18)14-26-27(23)15-19-3-2-10-25-13-19/h2-10,12-14,17H,11,15-16H2,1H3,(H,28,29)/t17-/m0/s1. The summed E-state index contributed by atoms with van der Waals surface area (Å²) in [5.41, 5.74) is 4.23. The van der Waals surface area contributed by atoms with E-state index in [1.54, 1.807) is 6.20 Å². The van der Waals surface area contributed by atoms with Crippen molar-refractivity contribution in [1.29, 1.82) is 0 Å². The number of fused-ring (bicyclic) bond motifs is 1. The molecule has 0 fully saturated rings. The summed E-state index contributed by atoms with van der Waals surface area (Å²) in [6, 6.07) is 17.8. The van der Waals surface area contributed by atoms with Gasteiger partial charge in [0.25, 0.3) is 0 Å². The summed E-state index contributed by atoms with van der Waals surface area (Å²) >= 11 is 0. The first-order chi connectivity index (χ1) is 14.6. The maximum absolute atomic E-state index is 10.9. The van der Waals surface area contributed by atoms with E-state index in [-0.39, 0.29) is 12.3 Å². The van der Waals surface area contributed by atoms with Crippen molar-refractivity contribution < 1.29 is 14.6 Å². The number of ether oxygens (including phenoxy) is 1. The van der Waals surface area contributed by atoms with Crippen molar-refractivity contribution in [2.24, 2.45) is 0 Å². The first kappa shape index (κ1) is 19.6. The molecule has 0 amide bonds. The second kappa shape index (κ2) is 8.78. The van der Waals surface area contributed by atoms with Gasteiger partial charge < -0.3 is 9.84 Å². The van der Waals surface area contributed by atoms with Gasteiger partial charge in [0, 0.05) is 17.8 Å². The highest BCUT2D eigenvalue weighted by atomic mass is 16.5. The van der Waals surface area contributed by atoms with Crippen LogP contribution in [0.5, 0.6) is 5.75 Å². The predicted octanol–water partition coefficient (Wildman–Crippen LogP) is 4.64. The number of hydrogen-bond donors (Lipinski definition) is 1. The number of carbonyl (C=O) groups is 1. The average Bonchev–Trinajstić information content (AvgIpc) is 3.15. The van der Waals surface area contributed by atoms with E-state index >= 15 is 0 Å². The normalized spacial score (nSPS) is 12.0. The SMILES string of the molecule is C[C@@H](CC(=O)O)c1ccc(OCc2ccc3c(cnn3Cc3cccnc3)c2)cc1. The van der Waals surface area contributed by atoms with Crippen LogP contribution in [0.3, 0.4) is 0 Å². The van der Waals surface area contributed by atoms with Gasteiger partial charge in [-0.25, -0.2) is 0 Å². The molecule has 0 aliphatic heterocycles. The highest BCUT2D eigenvalue weighted by Gasteiger charge is 2.10. The highest BCUT2D eigenvalue weighted by Crippen LogP contribution is 2.23. The molecule has 1 N–H and O–H groups in total. The molecule has 0 unspecified atom stereocenters. The number of aliphatic carboxylic acids is 1. The Balaban J connectivity index is 1.40. The fraction of sp³-hybridized carbons (Fsp3) is 0.208. The summed E-state index contributed by atoms with van der Waals surface area (Å²) in [5.74, 6) is -0.0576. The molecule has 2 aromatic carbocycles. The van der Waals surface area contributed by atoms with E-state index in [4.69, 9.17) is 9.84 Å². The van der Waals surface area contributed by atoms with Crippen molar-refractivity contribution in [2.75, 3.05) is 0 Å². The van der Waals surface area contributed by atoms with Crippen LogP contribution in [0.1, 0.15) is 36.0 Å². The Morgan fingerprint density at radius 2 is 1.93 bits per heavy atom. The predicted molar refractivity (Wildman–Crippen MR) is 115 cm³/mol. The summed E-state index contributed by atoms with van der Waals surface area (Å²) in [7, 11) is 0. The topological polar surface area (TPSA) is 77.2 Å². The molecule has 0 saturated heterocycles. The third kappa shape index (κ3) is 4.66. The van der Waals surface area contributed by atoms with Crippen LogP contribution in [0.25, 0.3) is 10.9 Å². The molecular weight excluding hydrogens is 378 g/mol. The van der Waals surface area contributed by atoms with Gasteiger partial charge in [-0.15, -0.1) is 0 Å². The van der Waals surface area contributed by atoms with E-state index in [0.717, 1.165) is 33.3 Å². The number of rotatable bonds is 8. The van der Waals surface area contributed by atoms with Crippen LogP contribution in [0.2, 0.25) is 0 Å². The fourth-order valence-corrected chi connectivity index (χ4v) is 3.46. The average molecular weight is 401 g/mol. The smallest absolute Gasteiger partial charge is 0.303 e. The Bertz CT molecular complexity index is 1140. The van der Waals surface area contributed by atoms with Gasteiger partial charge in [-0.2, -0.15) is 5.10 Å². The van der Waals surface area contributed by atoms with Crippen LogP contribution >= 0.6 is 0 Å². The molecular formula is C24H23N3O3. The second-order valence-corrected chi connectivity index (χ2v) is 7.41. The molecule has 6 heteroatoms. The van der Waals surface area contributed by atoms with E-state index in [9.17, 15) is 4.79 Å². The maximum Gasteiger partial charge on any atom is 0.303 e. The van der Waals surface area contributed by atoms with E-state index in [1.807, 2.05) is 66.5 Å².